The Morgan fingerprint density at radius 2 is 1.91 bits per heavy atom. The summed E-state index contributed by atoms with van der Waals surface area (Å²) in [6, 6.07) is 13.8. The second-order valence-electron chi connectivity index (χ2n) is 8.29. The fraction of sp³-hybridized carbons (Fsp3) is 0.360. The number of amides is 2. The molecule has 1 aliphatic rings. The lowest BCUT2D eigenvalue weighted by Gasteiger charge is -2.22. The normalized spacial score (nSPS) is 13.0. The molecule has 1 aromatic heterocycles. The number of carbonyl (C=O) groups excluding carboxylic acids is 2. The minimum absolute atomic E-state index is 0.00563. The number of H-pyrrole nitrogens is 1. The molecule has 2 amide bonds. The van der Waals surface area contributed by atoms with E-state index in [4.69, 9.17) is 5.73 Å². The number of fused-ring (bicyclic) bond motifs is 5. The molecule has 0 aliphatic carbocycles. The van der Waals surface area contributed by atoms with Crippen molar-refractivity contribution in [2.75, 3.05) is 37.6 Å². The summed E-state index contributed by atoms with van der Waals surface area (Å²) in [4.78, 5) is 31.1. The average molecular weight is 512 g/mol. The van der Waals surface area contributed by atoms with Gasteiger partial charge in [-0.2, -0.15) is 0 Å². The van der Waals surface area contributed by atoms with Gasteiger partial charge >= 0.3 is 0 Å². The quantitative estimate of drug-likeness (QED) is 0.313. The minimum Gasteiger partial charge on any atom is -0.355 e. The topological polar surface area (TPSA) is 103 Å². The molecule has 174 valence electrons. The molecule has 8 heteroatoms. The third-order valence-corrected chi connectivity index (χ3v) is 6.42. The molecule has 7 nitrogen and oxygen atoms in total. The Labute approximate surface area is 202 Å². The maximum atomic E-state index is 13.3. The number of anilines is 1. The van der Waals surface area contributed by atoms with Gasteiger partial charge in [0.05, 0.1) is 17.8 Å². The number of carbonyl (C=O) groups is 2. The number of nitrogens with one attached hydrogen (secondary N) is 3. The molecule has 0 spiro atoms. The Morgan fingerprint density at radius 1 is 1.09 bits per heavy atom. The molecule has 3 aromatic rings. The molecule has 5 N–H and O–H groups in total. The van der Waals surface area contributed by atoms with Crippen molar-refractivity contribution < 1.29 is 9.59 Å². The maximum Gasteiger partial charge on any atom is 0.240 e. The van der Waals surface area contributed by atoms with Gasteiger partial charge < -0.3 is 26.3 Å². The van der Waals surface area contributed by atoms with Crippen LogP contribution in [0.5, 0.6) is 0 Å². The Kier molecular flexibility index (Phi) is 7.80. The SMILES string of the molecule is NCCCCNCCCNC(=O)CN1C(=O)Cc2c([nH]c3ccc(Br)cc23)-c2ccccc21. The number of para-hydroxylation sites is 1. The van der Waals surface area contributed by atoms with E-state index in [9.17, 15) is 9.59 Å². The van der Waals surface area contributed by atoms with Crippen LogP contribution in [-0.2, 0) is 16.0 Å². The van der Waals surface area contributed by atoms with Gasteiger partial charge in [0.25, 0.3) is 0 Å². The van der Waals surface area contributed by atoms with Crippen molar-refractivity contribution in [1.29, 1.82) is 0 Å². The fourth-order valence-corrected chi connectivity index (χ4v) is 4.63. The largest absolute Gasteiger partial charge is 0.355 e. The first kappa shape index (κ1) is 23.5. The van der Waals surface area contributed by atoms with Crippen molar-refractivity contribution in [1.82, 2.24) is 15.6 Å². The maximum absolute atomic E-state index is 13.3. The standard InChI is InChI=1S/C25H30BrN5O2/c26-17-8-9-21-19(14-17)20-15-24(33)31(22-7-2-1-6-18(22)25(20)30-21)16-23(32)29-13-5-12-28-11-4-3-10-27/h1-2,6-9,14,28,30H,3-5,10-13,15-16,27H2,(H,29,32). The summed E-state index contributed by atoms with van der Waals surface area (Å²) in [5.41, 5.74) is 10.1. The molecular weight excluding hydrogens is 482 g/mol. The summed E-state index contributed by atoms with van der Waals surface area (Å²) in [6.07, 6.45) is 3.16. The fourth-order valence-electron chi connectivity index (χ4n) is 4.27. The highest BCUT2D eigenvalue weighted by Gasteiger charge is 2.29. The van der Waals surface area contributed by atoms with Crippen molar-refractivity contribution in [3.8, 4) is 11.3 Å². The summed E-state index contributed by atoms with van der Waals surface area (Å²) in [6.45, 7) is 3.08. The van der Waals surface area contributed by atoms with Crippen molar-refractivity contribution in [3.05, 3.63) is 52.5 Å². The van der Waals surface area contributed by atoms with Gasteiger partial charge in [0, 0.05) is 27.5 Å². The van der Waals surface area contributed by atoms with Crippen LogP contribution in [0.25, 0.3) is 22.2 Å². The number of aromatic amines is 1. The Balaban J connectivity index is 1.45. The van der Waals surface area contributed by atoms with Crippen LogP contribution < -0.4 is 21.3 Å². The van der Waals surface area contributed by atoms with Crippen LogP contribution in [0.1, 0.15) is 24.8 Å². The monoisotopic (exact) mass is 511 g/mol. The van der Waals surface area contributed by atoms with E-state index in [2.05, 4.69) is 31.5 Å². The molecule has 2 heterocycles. The van der Waals surface area contributed by atoms with Gasteiger partial charge in [0.1, 0.15) is 6.54 Å². The van der Waals surface area contributed by atoms with Crippen molar-refractivity contribution in [3.63, 3.8) is 0 Å². The number of hydrogen-bond acceptors (Lipinski definition) is 4. The summed E-state index contributed by atoms with van der Waals surface area (Å²) >= 11 is 3.53. The number of rotatable bonds is 10. The summed E-state index contributed by atoms with van der Waals surface area (Å²) in [7, 11) is 0. The molecule has 0 saturated carbocycles. The molecule has 0 atom stereocenters. The molecule has 1 aliphatic heterocycles. The zero-order valence-corrected chi connectivity index (χ0v) is 20.2. The molecule has 0 saturated heterocycles. The van der Waals surface area contributed by atoms with E-state index >= 15 is 0 Å². The van der Waals surface area contributed by atoms with Gasteiger partial charge in [-0.1, -0.05) is 34.1 Å². The molecule has 0 radical (unpaired) electrons. The molecule has 33 heavy (non-hydrogen) atoms. The highest BCUT2D eigenvalue weighted by molar-refractivity contribution is 9.10. The van der Waals surface area contributed by atoms with Crippen LogP contribution in [0, 0.1) is 0 Å². The average Bonchev–Trinajstić information content (AvgIpc) is 3.11. The first-order valence-corrected chi connectivity index (χ1v) is 12.2. The first-order chi connectivity index (χ1) is 16.1. The number of aromatic nitrogens is 1. The van der Waals surface area contributed by atoms with Crippen LogP contribution in [0.4, 0.5) is 5.69 Å². The molecule has 0 fully saturated rings. The predicted molar refractivity (Wildman–Crippen MR) is 136 cm³/mol. The number of unbranched alkanes of at least 4 members (excludes halogenated alkanes) is 1. The smallest absolute Gasteiger partial charge is 0.240 e. The van der Waals surface area contributed by atoms with E-state index < -0.39 is 0 Å². The third kappa shape index (κ3) is 5.46. The van der Waals surface area contributed by atoms with Crippen LogP contribution >= 0.6 is 15.9 Å². The van der Waals surface area contributed by atoms with E-state index in [1.54, 1.807) is 4.90 Å². The minimum atomic E-state index is -0.153. The van der Waals surface area contributed by atoms with Crippen LogP contribution in [-0.4, -0.2) is 49.5 Å². The number of halogens is 1. The Bertz CT molecular complexity index is 1140. The zero-order valence-electron chi connectivity index (χ0n) is 18.6. The Morgan fingerprint density at radius 3 is 2.76 bits per heavy atom. The highest BCUT2D eigenvalue weighted by Crippen LogP contribution is 2.40. The van der Waals surface area contributed by atoms with Gasteiger partial charge in [0.2, 0.25) is 11.8 Å². The van der Waals surface area contributed by atoms with Crippen LogP contribution in [0.3, 0.4) is 0 Å². The summed E-state index contributed by atoms with van der Waals surface area (Å²) in [5.74, 6) is -0.238. The van der Waals surface area contributed by atoms with Gasteiger partial charge in [-0.25, -0.2) is 0 Å². The van der Waals surface area contributed by atoms with E-state index in [0.29, 0.717) is 13.1 Å². The summed E-state index contributed by atoms with van der Waals surface area (Å²) < 4.78 is 0.965. The van der Waals surface area contributed by atoms with E-state index in [-0.39, 0.29) is 24.8 Å². The molecular formula is C25H30BrN5O2. The van der Waals surface area contributed by atoms with Gasteiger partial charge in [-0.3, -0.25) is 9.59 Å². The highest BCUT2D eigenvalue weighted by atomic mass is 79.9. The molecule has 0 bridgehead atoms. The lowest BCUT2D eigenvalue weighted by atomic mass is 10.0. The van der Waals surface area contributed by atoms with Gasteiger partial charge in [0.15, 0.2) is 0 Å². The predicted octanol–water partition coefficient (Wildman–Crippen LogP) is 3.32. The van der Waals surface area contributed by atoms with Crippen LogP contribution in [0.15, 0.2) is 46.9 Å². The lowest BCUT2D eigenvalue weighted by molar-refractivity contribution is -0.123. The Hall–Kier alpha value is -2.68. The van der Waals surface area contributed by atoms with Gasteiger partial charge in [-0.05, 0) is 68.7 Å². The zero-order chi connectivity index (χ0) is 23.2. The van der Waals surface area contributed by atoms with Crippen molar-refractivity contribution in [2.45, 2.75) is 25.7 Å². The number of nitrogens with two attached hydrogens (primary N) is 1. The van der Waals surface area contributed by atoms with E-state index in [1.807, 2.05) is 42.5 Å². The number of benzene rings is 2. The van der Waals surface area contributed by atoms with E-state index in [1.165, 1.54) is 0 Å². The lowest BCUT2D eigenvalue weighted by Crippen LogP contribution is -2.41. The van der Waals surface area contributed by atoms with E-state index in [0.717, 1.165) is 70.2 Å². The number of hydrogen-bond donors (Lipinski definition) is 4. The second-order valence-corrected chi connectivity index (χ2v) is 9.21. The van der Waals surface area contributed by atoms with Crippen molar-refractivity contribution in [2.24, 2.45) is 5.73 Å². The second kappa shape index (κ2) is 11.0. The first-order valence-electron chi connectivity index (χ1n) is 11.5. The summed E-state index contributed by atoms with van der Waals surface area (Å²) in [5, 5.41) is 7.32. The van der Waals surface area contributed by atoms with Crippen LogP contribution in [0.2, 0.25) is 0 Å². The van der Waals surface area contributed by atoms with Gasteiger partial charge in [-0.15, -0.1) is 0 Å². The molecule has 4 rings (SSSR count). The third-order valence-electron chi connectivity index (χ3n) is 5.92. The molecule has 2 aromatic carbocycles. The molecule has 0 unspecified atom stereocenters. The van der Waals surface area contributed by atoms with Crippen molar-refractivity contribution >= 4 is 44.3 Å². The number of nitrogens with zero attached hydrogens (tertiary/aromatic N) is 1.